The zero-order valence-corrected chi connectivity index (χ0v) is 19.2. The van der Waals surface area contributed by atoms with Crippen LogP contribution in [0.4, 0.5) is 0 Å². The molecule has 9 heteroatoms. The Morgan fingerprint density at radius 2 is 1.82 bits per heavy atom. The molecule has 0 N–H and O–H groups in total. The smallest absolute Gasteiger partial charge is 0.271 e. The number of pyridine rings is 1. The molecule has 9 nitrogen and oxygen atoms in total. The monoisotopic (exact) mass is 441 g/mol. The largest absolute Gasteiger partial charge is 0.302 e. The van der Waals surface area contributed by atoms with Crippen LogP contribution in [-0.2, 0) is 13.0 Å². The van der Waals surface area contributed by atoms with Gasteiger partial charge in [-0.05, 0) is 43.8 Å². The first kappa shape index (κ1) is 21.1. The van der Waals surface area contributed by atoms with Gasteiger partial charge in [0.05, 0.1) is 30.1 Å². The first-order valence-electron chi connectivity index (χ1n) is 11.3. The van der Waals surface area contributed by atoms with Crippen molar-refractivity contribution in [1.82, 2.24) is 44.5 Å². The molecule has 33 heavy (non-hydrogen) atoms. The van der Waals surface area contributed by atoms with Gasteiger partial charge in [-0.2, -0.15) is 14.7 Å². The fourth-order valence-corrected chi connectivity index (χ4v) is 3.98. The maximum Gasteiger partial charge on any atom is 0.271 e. The van der Waals surface area contributed by atoms with E-state index in [9.17, 15) is 0 Å². The molecule has 168 valence electrons. The van der Waals surface area contributed by atoms with Crippen molar-refractivity contribution in [2.45, 2.75) is 33.7 Å². The minimum atomic E-state index is 0.512. The summed E-state index contributed by atoms with van der Waals surface area (Å²) in [5, 5.41) is 18.5. The van der Waals surface area contributed by atoms with E-state index in [2.05, 4.69) is 73.5 Å². The zero-order valence-electron chi connectivity index (χ0n) is 19.2. The van der Waals surface area contributed by atoms with E-state index in [1.165, 1.54) is 0 Å². The maximum atomic E-state index is 4.67. The summed E-state index contributed by atoms with van der Waals surface area (Å²) >= 11 is 0. The van der Waals surface area contributed by atoms with E-state index in [4.69, 9.17) is 0 Å². The van der Waals surface area contributed by atoms with Gasteiger partial charge in [0, 0.05) is 41.9 Å². The zero-order chi connectivity index (χ0) is 22.8. The lowest BCUT2D eigenvalue weighted by Gasteiger charge is -2.17. The molecule has 4 heterocycles. The Balaban J connectivity index is 1.38. The summed E-state index contributed by atoms with van der Waals surface area (Å²) in [6, 6.07) is 8.44. The number of fused-ring (bicyclic) bond motifs is 2. The number of benzene rings is 1. The molecule has 0 unspecified atom stereocenters. The molecular formula is C24H27N9. The van der Waals surface area contributed by atoms with Crippen LogP contribution in [0.1, 0.15) is 30.9 Å². The second kappa shape index (κ2) is 9.03. The molecule has 1 aromatic carbocycles. The number of nitrogens with zero attached hydrogens (tertiary/aromatic N) is 9. The quantitative estimate of drug-likeness (QED) is 0.365. The minimum absolute atomic E-state index is 0.512. The average molecular weight is 442 g/mol. The fourth-order valence-electron chi connectivity index (χ4n) is 3.98. The van der Waals surface area contributed by atoms with E-state index in [0.717, 1.165) is 65.3 Å². The molecule has 4 aromatic heterocycles. The molecule has 0 saturated carbocycles. The highest BCUT2D eigenvalue weighted by molar-refractivity contribution is 5.84. The third-order valence-corrected chi connectivity index (χ3v) is 5.93. The van der Waals surface area contributed by atoms with Crippen LogP contribution in [0.2, 0.25) is 0 Å². The van der Waals surface area contributed by atoms with Crippen LogP contribution in [0.3, 0.4) is 0 Å². The molecule has 0 bridgehead atoms. The Kier molecular flexibility index (Phi) is 5.78. The molecule has 0 fully saturated rings. The van der Waals surface area contributed by atoms with Gasteiger partial charge in [-0.1, -0.05) is 19.9 Å². The first-order valence-corrected chi connectivity index (χ1v) is 11.3. The summed E-state index contributed by atoms with van der Waals surface area (Å²) in [5.74, 6) is 1.28. The predicted molar refractivity (Wildman–Crippen MR) is 127 cm³/mol. The molecule has 5 aromatic rings. The van der Waals surface area contributed by atoms with E-state index in [-0.39, 0.29) is 0 Å². The number of rotatable bonds is 8. The van der Waals surface area contributed by atoms with E-state index in [0.29, 0.717) is 12.2 Å². The highest BCUT2D eigenvalue weighted by Gasteiger charge is 2.11. The van der Waals surface area contributed by atoms with E-state index < -0.39 is 0 Å². The number of likely N-dealkylation sites (N-methyl/N-ethyl adjacent to an activating group) is 1. The van der Waals surface area contributed by atoms with Crippen molar-refractivity contribution in [3.05, 3.63) is 66.1 Å². The van der Waals surface area contributed by atoms with Gasteiger partial charge in [0.15, 0.2) is 5.82 Å². The first-order chi connectivity index (χ1) is 16.1. The van der Waals surface area contributed by atoms with Gasteiger partial charge in [-0.15, -0.1) is 10.2 Å². The van der Waals surface area contributed by atoms with Crippen molar-refractivity contribution in [2.75, 3.05) is 19.6 Å². The van der Waals surface area contributed by atoms with Gasteiger partial charge < -0.3 is 4.90 Å². The number of aryl methyl sites for hydroxylation is 1. The van der Waals surface area contributed by atoms with Gasteiger partial charge in [-0.25, -0.2) is 4.98 Å². The Hall–Kier alpha value is -3.72. The lowest BCUT2D eigenvalue weighted by atomic mass is 10.0. The SMILES string of the molecule is CCN(CC)CCn1cc(-c2cnc3ccc(Cc4nnc5ncc(C)nn45)cc3c2)cn1. The molecule has 0 aliphatic carbocycles. The predicted octanol–water partition coefficient (Wildman–Crippen LogP) is 3.17. The molecule has 0 radical (unpaired) electrons. The van der Waals surface area contributed by atoms with E-state index in [1.54, 1.807) is 10.7 Å². The van der Waals surface area contributed by atoms with Crippen LogP contribution in [0.25, 0.3) is 27.8 Å². The third kappa shape index (κ3) is 4.45. The summed E-state index contributed by atoms with van der Waals surface area (Å²) in [5.41, 5.74) is 5.03. The average Bonchev–Trinajstić information content (AvgIpc) is 3.46. The molecule has 5 rings (SSSR count). The van der Waals surface area contributed by atoms with Crippen LogP contribution in [0.5, 0.6) is 0 Å². The van der Waals surface area contributed by atoms with Gasteiger partial charge in [0.25, 0.3) is 5.78 Å². The van der Waals surface area contributed by atoms with E-state index in [1.807, 2.05) is 30.1 Å². The van der Waals surface area contributed by atoms with Crippen molar-refractivity contribution in [1.29, 1.82) is 0 Å². The second-order valence-corrected chi connectivity index (χ2v) is 8.17. The van der Waals surface area contributed by atoms with Crippen molar-refractivity contribution >= 4 is 16.7 Å². The molecule has 0 aliphatic heterocycles. The normalized spacial score (nSPS) is 11.8. The Morgan fingerprint density at radius 3 is 2.67 bits per heavy atom. The minimum Gasteiger partial charge on any atom is -0.302 e. The maximum absolute atomic E-state index is 4.67. The van der Waals surface area contributed by atoms with Crippen LogP contribution in [0, 0.1) is 6.92 Å². The van der Waals surface area contributed by atoms with Crippen LogP contribution in [0.15, 0.2) is 49.1 Å². The second-order valence-electron chi connectivity index (χ2n) is 8.17. The summed E-state index contributed by atoms with van der Waals surface area (Å²) in [6.07, 6.45) is 8.24. The van der Waals surface area contributed by atoms with E-state index >= 15 is 0 Å². The topological polar surface area (TPSA) is 89.9 Å². The molecule has 0 saturated heterocycles. The molecule has 0 spiro atoms. The molecular weight excluding hydrogens is 414 g/mol. The van der Waals surface area contributed by atoms with Gasteiger partial charge in [0.2, 0.25) is 0 Å². The number of hydrogen-bond acceptors (Lipinski definition) is 7. The summed E-state index contributed by atoms with van der Waals surface area (Å²) in [6.45, 7) is 10.3. The molecule has 0 atom stereocenters. The van der Waals surface area contributed by atoms with Crippen LogP contribution in [-0.4, -0.2) is 64.1 Å². The highest BCUT2D eigenvalue weighted by atomic mass is 15.4. The Morgan fingerprint density at radius 1 is 0.939 bits per heavy atom. The molecule has 0 aliphatic rings. The van der Waals surface area contributed by atoms with Crippen molar-refractivity contribution in [3.8, 4) is 11.1 Å². The van der Waals surface area contributed by atoms with Gasteiger partial charge in [-0.3, -0.25) is 9.67 Å². The highest BCUT2D eigenvalue weighted by Crippen LogP contribution is 2.24. The van der Waals surface area contributed by atoms with Crippen molar-refractivity contribution in [3.63, 3.8) is 0 Å². The van der Waals surface area contributed by atoms with Gasteiger partial charge in [0.1, 0.15) is 0 Å². The summed E-state index contributed by atoms with van der Waals surface area (Å²) in [7, 11) is 0. The lowest BCUT2D eigenvalue weighted by molar-refractivity contribution is 0.285. The number of aromatic nitrogens is 8. The Labute approximate surface area is 192 Å². The van der Waals surface area contributed by atoms with Crippen LogP contribution >= 0.6 is 0 Å². The third-order valence-electron chi connectivity index (χ3n) is 5.93. The lowest BCUT2D eigenvalue weighted by Crippen LogP contribution is -2.27. The van der Waals surface area contributed by atoms with Gasteiger partial charge >= 0.3 is 0 Å². The fraction of sp³-hybridized carbons (Fsp3) is 0.333. The number of hydrogen-bond donors (Lipinski definition) is 0. The van der Waals surface area contributed by atoms with Crippen molar-refractivity contribution in [2.24, 2.45) is 0 Å². The Bertz CT molecular complexity index is 1400. The standard InChI is InChI=1S/C24H27N9/c1-4-31(5-2)8-9-32-16-21(15-27-32)20-12-19-10-18(6-7-22(19)25-14-20)11-23-28-29-24-26-13-17(3)30-33(23)24/h6-7,10,12-16H,4-5,8-9,11H2,1-3H3. The molecule has 0 amide bonds. The van der Waals surface area contributed by atoms with Crippen LogP contribution < -0.4 is 0 Å². The summed E-state index contributed by atoms with van der Waals surface area (Å²) < 4.78 is 3.72. The van der Waals surface area contributed by atoms with Crippen molar-refractivity contribution < 1.29 is 0 Å². The summed E-state index contributed by atoms with van der Waals surface area (Å²) in [4.78, 5) is 11.3.